The molecule has 0 radical (unpaired) electrons. The molecule has 70 valence electrons. The van der Waals surface area contributed by atoms with E-state index < -0.39 is 0 Å². The first-order chi connectivity index (χ1) is 6.90. The van der Waals surface area contributed by atoms with Crippen molar-refractivity contribution in [2.45, 2.75) is 6.17 Å². The minimum atomic E-state index is -0.0271. The van der Waals surface area contributed by atoms with Crippen LogP contribution < -0.4 is 5.32 Å². The van der Waals surface area contributed by atoms with Gasteiger partial charge in [0.25, 0.3) is 0 Å². The maximum absolute atomic E-state index is 10.4. The van der Waals surface area contributed by atoms with Gasteiger partial charge in [-0.2, -0.15) is 0 Å². The van der Waals surface area contributed by atoms with Crippen LogP contribution in [0.25, 0.3) is 0 Å². The number of nitrogens with one attached hydrogen (secondary N) is 1. The number of carbonyl (C=O) groups excluding carboxylic acids is 1. The van der Waals surface area contributed by atoms with E-state index in [1.165, 1.54) is 0 Å². The van der Waals surface area contributed by atoms with Crippen molar-refractivity contribution >= 4 is 12.5 Å². The lowest BCUT2D eigenvalue weighted by atomic mass is 10.1. The summed E-state index contributed by atoms with van der Waals surface area (Å²) < 4.78 is 0. The summed E-state index contributed by atoms with van der Waals surface area (Å²) in [5.41, 5.74) is 1.74. The molecule has 0 fully saturated rings. The quantitative estimate of drug-likeness (QED) is 0.714. The van der Waals surface area contributed by atoms with Crippen molar-refractivity contribution in [1.29, 1.82) is 0 Å². The molecule has 0 spiro atoms. The van der Waals surface area contributed by atoms with E-state index in [2.05, 4.69) is 10.3 Å². The number of allylic oxidation sites excluding steroid dienone is 1. The number of aliphatic imine (C=N–C) groups is 1. The van der Waals surface area contributed by atoms with Crippen molar-refractivity contribution < 1.29 is 4.79 Å². The second kappa shape index (κ2) is 3.87. The van der Waals surface area contributed by atoms with Gasteiger partial charge in [-0.3, -0.25) is 9.79 Å². The highest BCUT2D eigenvalue weighted by atomic mass is 16.1. The largest absolute Gasteiger partial charge is 0.366 e. The normalized spacial score (nSPS) is 19.0. The minimum absolute atomic E-state index is 0.0271. The lowest BCUT2D eigenvalue weighted by molar-refractivity contribution is 0.112. The van der Waals surface area contributed by atoms with E-state index in [9.17, 15) is 4.79 Å². The Kier molecular flexibility index (Phi) is 2.40. The van der Waals surface area contributed by atoms with Crippen molar-refractivity contribution in [3.8, 4) is 0 Å². The molecule has 0 saturated carbocycles. The van der Waals surface area contributed by atoms with Gasteiger partial charge >= 0.3 is 0 Å². The zero-order valence-corrected chi connectivity index (χ0v) is 7.55. The van der Waals surface area contributed by atoms with Gasteiger partial charge in [0.1, 0.15) is 12.5 Å². The van der Waals surface area contributed by atoms with Crippen LogP contribution in [0.2, 0.25) is 0 Å². The first-order valence-corrected chi connectivity index (χ1v) is 4.39. The Balaban J connectivity index is 2.20. The number of rotatable bonds is 2. The fourth-order valence-corrected chi connectivity index (χ4v) is 1.31. The smallest absolute Gasteiger partial charge is 0.150 e. The second-order valence-electron chi connectivity index (χ2n) is 3.01. The molecule has 3 nitrogen and oxygen atoms in total. The molecule has 1 atom stereocenters. The van der Waals surface area contributed by atoms with Crippen molar-refractivity contribution in [3.63, 3.8) is 0 Å². The molecule has 0 bridgehead atoms. The van der Waals surface area contributed by atoms with Gasteiger partial charge in [0.05, 0.1) is 0 Å². The average molecular weight is 186 g/mol. The fourth-order valence-electron chi connectivity index (χ4n) is 1.31. The zero-order chi connectivity index (χ0) is 9.80. The maximum Gasteiger partial charge on any atom is 0.150 e. The first kappa shape index (κ1) is 8.69. The van der Waals surface area contributed by atoms with E-state index in [1.54, 1.807) is 18.3 Å². The predicted molar refractivity (Wildman–Crippen MR) is 55.3 cm³/mol. The van der Waals surface area contributed by atoms with Crippen molar-refractivity contribution in [3.05, 3.63) is 47.7 Å². The molecule has 0 aromatic heterocycles. The summed E-state index contributed by atoms with van der Waals surface area (Å²) >= 11 is 0. The van der Waals surface area contributed by atoms with Crippen molar-refractivity contribution in [1.82, 2.24) is 5.32 Å². The van der Waals surface area contributed by atoms with Crippen LogP contribution in [-0.2, 0) is 0 Å². The summed E-state index contributed by atoms with van der Waals surface area (Å²) in [5, 5.41) is 3.11. The van der Waals surface area contributed by atoms with Crippen LogP contribution in [0.1, 0.15) is 22.1 Å². The van der Waals surface area contributed by atoms with Crippen LogP contribution in [0, 0.1) is 0 Å². The molecular weight excluding hydrogens is 176 g/mol. The molecular formula is C11H10N2O. The van der Waals surface area contributed by atoms with E-state index in [0.29, 0.717) is 5.56 Å². The van der Waals surface area contributed by atoms with E-state index in [-0.39, 0.29) is 6.17 Å². The number of benzene rings is 1. The highest BCUT2D eigenvalue weighted by Crippen LogP contribution is 2.15. The van der Waals surface area contributed by atoms with Crippen LogP contribution in [0.3, 0.4) is 0 Å². The SMILES string of the molecule is O=Cc1ccc(C2N=CC=CN2)cc1. The highest BCUT2D eigenvalue weighted by molar-refractivity contribution is 5.75. The Hall–Kier alpha value is -1.90. The van der Waals surface area contributed by atoms with Gasteiger partial charge in [-0.25, -0.2) is 0 Å². The molecule has 1 aromatic rings. The summed E-state index contributed by atoms with van der Waals surface area (Å²) in [6.45, 7) is 0. The number of hydrogen-bond donors (Lipinski definition) is 1. The Labute approximate surface area is 82.2 Å². The fraction of sp³-hybridized carbons (Fsp3) is 0.0909. The first-order valence-electron chi connectivity index (χ1n) is 4.39. The van der Waals surface area contributed by atoms with Gasteiger partial charge in [0.15, 0.2) is 0 Å². The van der Waals surface area contributed by atoms with Crippen molar-refractivity contribution in [2.75, 3.05) is 0 Å². The lowest BCUT2D eigenvalue weighted by Crippen LogP contribution is -2.15. The monoisotopic (exact) mass is 186 g/mol. The van der Waals surface area contributed by atoms with Gasteiger partial charge < -0.3 is 5.32 Å². The molecule has 0 saturated heterocycles. The molecule has 1 aliphatic rings. The molecule has 0 aliphatic carbocycles. The number of hydrogen-bond acceptors (Lipinski definition) is 3. The maximum atomic E-state index is 10.4. The minimum Gasteiger partial charge on any atom is -0.366 e. The molecule has 2 rings (SSSR count). The Morgan fingerprint density at radius 3 is 2.64 bits per heavy atom. The predicted octanol–water partition coefficient (Wildman–Crippen LogP) is 1.69. The average Bonchev–Trinajstić information content (AvgIpc) is 2.30. The standard InChI is InChI=1S/C11H10N2O/c14-8-9-2-4-10(5-3-9)11-12-6-1-7-13-11/h1-8,11-12H. The third-order valence-corrected chi connectivity index (χ3v) is 2.06. The summed E-state index contributed by atoms with van der Waals surface area (Å²) in [4.78, 5) is 14.7. The van der Waals surface area contributed by atoms with Crippen LogP contribution in [-0.4, -0.2) is 12.5 Å². The van der Waals surface area contributed by atoms with Crippen LogP contribution in [0.5, 0.6) is 0 Å². The molecule has 3 heteroatoms. The van der Waals surface area contributed by atoms with Gasteiger partial charge in [0, 0.05) is 11.8 Å². The lowest BCUT2D eigenvalue weighted by Gasteiger charge is -2.15. The number of nitrogens with zero attached hydrogens (tertiary/aromatic N) is 1. The van der Waals surface area contributed by atoms with Crippen LogP contribution >= 0.6 is 0 Å². The third-order valence-electron chi connectivity index (χ3n) is 2.06. The molecule has 1 N–H and O–H groups in total. The molecule has 1 heterocycles. The molecule has 0 amide bonds. The van der Waals surface area contributed by atoms with Gasteiger partial charge in [-0.05, 0) is 17.8 Å². The van der Waals surface area contributed by atoms with E-state index >= 15 is 0 Å². The van der Waals surface area contributed by atoms with E-state index in [1.807, 2.05) is 24.4 Å². The second-order valence-corrected chi connectivity index (χ2v) is 3.01. The van der Waals surface area contributed by atoms with Gasteiger partial charge in [0.2, 0.25) is 0 Å². The Morgan fingerprint density at radius 1 is 1.29 bits per heavy atom. The van der Waals surface area contributed by atoms with E-state index in [4.69, 9.17) is 0 Å². The molecule has 1 aromatic carbocycles. The number of carbonyl (C=O) groups is 1. The summed E-state index contributed by atoms with van der Waals surface area (Å²) in [6.07, 6.45) is 6.26. The van der Waals surface area contributed by atoms with Crippen LogP contribution in [0.15, 0.2) is 41.5 Å². The Bertz CT molecular complexity index is 379. The molecule has 1 aliphatic heterocycles. The van der Waals surface area contributed by atoms with E-state index in [0.717, 1.165) is 11.8 Å². The molecule has 1 unspecified atom stereocenters. The zero-order valence-electron chi connectivity index (χ0n) is 7.55. The number of aldehydes is 1. The summed E-state index contributed by atoms with van der Waals surface area (Å²) in [6, 6.07) is 7.38. The van der Waals surface area contributed by atoms with Gasteiger partial charge in [-0.1, -0.05) is 24.3 Å². The molecule has 14 heavy (non-hydrogen) atoms. The van der Waals surface area contributed by atoms with Gasteiger partial charge in [-0.15, -0.1) is 0 Å². The summed E-state index contributed by atoms with van der Waals surface area (Å²) in [7, 11) is 0. The topological polar surface area (TPSA) is 41.5 Å². The highest BCUT2D eigenvalue weighted by Gasteiger charge is 2.07. The summed E-state index contributed by atoms with van der Waals surface area (Å²) in [5.74, 6) is 0. The third kappa shape index (κ3) is 1.71. The van der Waals surface area contributed by atoms with Crippen molar-refractivity contribution in [2.24, 2.45) is 4.99 Å². The van der Waals surface area contributed by atoms with Crippen LogP contribution in [0.4, 0.5) is 0 Å². The Morgan fingerprint density at radius 2 is 2.07 bits per heavy atom.